The van der Waals surface area contributed by atoms with E-state index >= 15 is 0 Å². The van der Waals surface area contributed by atoms with Crippen molar-refractivity contribution >= 4 is 21.4 Å². The summed E-state index contributed by atoms with van der Waals surface area (Å²) < 4.78 is 27.4. The van der Waals surface area contributed by atoms with Crippen LogP contribution in [0.3, 0.4) is 0 Å². The summed E-state index contributed by atoms with van der Waals surface area (Å²) in [5.41, 5.74) is 5.74. The normalized spacial score (nSPS) is 19.8. The first-order chi connectivity index (χ1) is 8.63. The van der Waals surface area contributed by atoms with Crippen LogP contribution < -0.4 is 10.5 Å². The summed E-state index contributed by atoms with van der Waals surface area (Å²) in [6.45, 7) is 0.370. The fraction of sp³-hybridized carbons (Fsp3) is 0.667. The number of nitrogens with two attached hydrogens (primary N) is 1. The van der Waals surface area contributed by atoms with Gasteiger partial charge in [0.05, 0.1) is 0 Å². The van der Waals surface area contributed by atoms with Crippen molar-refractivity contribution in [3.05, 3.63) is 17.5 Å². The standard InChI is InChI=1S/C12H20N2O2S2/c13-9-11(10-5-2-1-3-6-10)14-18(15,16)12-7-4-8-17-12/h4,7-8,10-11,14H,1-3,5-6,9,13H2. The van der Waals surface area contributed by atoms with Crippen LogP contribution in [0, 0.1) is 5.92 Å². The fourth-order valence-corrected chi connectivity index (χ4v) is 4.87. The van der Waals surface area contributed by atoms with Gasteiger partial charge in [-0.05, 0) is 30.2 Å². The van der Waals surface area contributed by atoms with E-state index in [-0.39, 0.29) is 6.04 Å². The molecular formula is C12H20N2O2S2. The van der Waals surface area contributed by atoms with Gasteiger partial charge in [-0.2, -0.15) is 0 Å². The molecule has 1 aliphatic carbocycles. The highest BCUT2D eigenvalue weighted by Gasteiger charge is 2.27. The van der Waals surface area contributed by atoms with Gasteiger partial charge in [0.2, 0.25) is 10.0 Å². The average molecular weight is 288 g/mol. The van der Waals surface area contributed by atoms with E-state index in [0.717, 1.165) is 12.8 Å². The summed E-state index contributed by atoms with van der Waals surface area (Å²) in [6, 6.07) is 3.25. The molecule has 6 heteroatoms. The van der Waals surface area contributed by atoms with E-state index in [1.54, 1.807) is 17.5 Å². The van der Waals surface area contributed by atoms with Crippen molar-refractivity contribution in [1.82, 2.24) is 4.72 Å². The maximum atomic E-state index is 12.1. The Kier molecular flexibility index (Phi) is 4.77. The van der Waals surface area contributed by atoms with E-state index < -0.39 is 10.0 Å². The molecule has 0 saturated heterocycles. The Morgan fingerprint density at radius 2 is 2.11 bits per heavy atom. The summed E-state index contributed by atoms with van der Waals surface area (Å²) in [7, 11) is -3.39. The highest BCUT2D eigenvalue weighted by atomic mass is 32.2. The van der Waals surface area contributed by atoms with E-state index in [1.807, 2.05) is 0 Å². The summed E-state index contributed by atoms with van der Waals surface area (Å²) in [5, 5.41) is 1.77. The molecule has 1 atom stereocenters. The number of hydrogen-bond donors (Lipinski definition) is 2. The molecule has 0 aromatic carbocycles. The zero-order valence-electron chi connectivity index (χ0n) is 10.3. The zero-order valence-corrected chi connectivity index (χ0v) is 12.0. The third-order valence-corrected chi connectivity index (χ3v) is 6.43. The molecule has 0 amide bonds. The van der Waals surface area contributed by atoms with Gasteiger partial charge in [0.1, 0.15) is 4.21 Å². The zero-order chi connectivity index (χ0) is 13.0. The van der Waals surface area contributed by atoms with Crippen LogP contribution in [0.25, 0.3) is 0 Å². The Labute approximate surface area is 113 Å². The number of sulfonamides is 1. The van der Waals surface area contributed by atoms with Crippen LogP contribution in [0.2, 0.25) is 0 Å². The van der Waals surface area contributed by atoms with Crippen molar-refractivity contribution < 1.29 is 8.42 Å². The van der Waals surface area contributed by atoms with E-state index in [1.165, 1.54) is 30.6 Å². The summed E-state index contributed by atoms with van der Waals surface area (Å²) in [6.07, 6.45) is 5.78. The first kappa shape index (κ1) is 14.0. The molecule has 18 heavy (non-hydrogen) atoms. The van der Waals surface area contributed by atoms with Gasteiger partial charge in [0.25, 0.3) is 0 Å². The Hall–Kier alpha value is -0.430. The van der Waals surface area contributed by atoms with E-state index in [2.05, 4.69) is 4.72 Å². The van der Waals surface area contributed by atoms with Crippen LogP contribution in [0.4, 0.5) is 0 Å². The van der Waals surface area contributed by atoms with Gasteiger partial charge in [-0.15, -0.1) is 11.3 Å². The Morgan fingerprint density at radius 3 is 2.67 bits per heavy atom. The van der Waals surface area contributed by atoms with E-state index in [4.69, 9.17) is 5.73 Å². The monoisotopic (exact) mass is 288 g/mol. The molecule has 102 valence electrons. The third-order valence-electron chi connectivity index (χ3n) is 3.54. The molecule has 1 aliphatic rings. The molecule has 1 fully saturated rings. The molecule has 0 spiro atoms. The second-order valence-corrected chi connectivity index (χ2v) is 7.68. The van der Waals surface area contributed by atoms with E-state index in [9.17, 15) is 8.42 Å². The predicted molar refractivity (Wildman–Crippen MR) is 74.1 cm³/mol. The summed E-state index contributed by atoms with van der Waals surface area (Å²) in [5.74, 6) is 0.387. The Balaban J connectivity index is 2.06. The molecule has 1 unspecified atom stereocenters. The number of thiophene rings is 1. The van der Waals surface area contributed by atoms with Crippen LogP contribution >= 0.6 is 11.3 Å². The molecular weight excluding hydrogens is 268 g/mol. The number of nitrogens with one attached hydrogen (secondary N) is 1. The first-order valence-electron chi connectivity index (χ1n) is 6.39. The van der Waals surface area contributed by atoms with Crippen molar-refractivity contribution in [2.45, 2.75) is 42.4 Å². The SMILES string of the molecule is NCC(NS(=O)(=O)c1cccs1)C1CCCCC1. The quantitative estimate of drug-likeness (QED) is 0.869. The average Bonchev–Trinajstić information content (AvgIpc) is 2.92. The number of rotatable bonds is 5. The van der Waals surface area contributed by atoms with Crippen LogP contribution in [0.1, 0.15) is 32.1 Å². The molecule has 1 saturated carbocycles. The Morgan fingerprint density at radius 1 is 1.39 bits per heavy atom. The smallest absolute Gasteiger partial charge is 0.250 e. The lowest BCUT2D eigenvalue weighted by molar-refractivity contribution is 0.294. The maximum Gasteiger partial charge on any atom is 0.250 e. The van der Waals surface area contributed by atoms with Crippen molar-refractivity contribution in [3.63, 3.8) is 0 Å². The molecule has 1 aromatic heterocycles. The largest absolute Gasteiger partial charge is 0.329 e. The molecule has 0 aliphatic heterocycles. The topological polar surface area (TPSA) is 72.2 Å². The van der Waals surface area contributed by atoms with Crippen molar-refractivity contribution in [2.75, 3.05) is 6.54 Å². The molecule has 1 aromatic rings. The number of hydrogen-bond acceptors (Lipinski definition) is 4. The van der Waals surface area contributed by atoms with Crippen LogP contribution in [0.5, 0.6) is 0 Å². The minimum atomic E-state index is -3.39. The van der Waals surface area contributed by atoms with Crippen molar-refractivity contribution in [1.29, 1.82) is 0 Å². The molecule has 4 nitrogen and oxygen atoms in total. The van der Waals surface area contributed by atoms with E-state index in [0.29, 0.717) is 16.7 Å². The van der Waals surface area contributed by atoms with Gasteiger partial charge >= 0.3 is 0 Å². The van der Waals surface area contributed by atoms with Crippen molar-refractivity contribution in [3.8, 4) is 0 Å². The van der Waals surface area contributed by atoms with Gasteiger partial charge in [-0.25, -0.2) is 13.1 Å². The molecule has 3 N–H and O–H groups in total. The minimum absolute atomic E-state index is 0.127. The van der Waals surface area contributed by atoms with Gasteiger partial charge in [0.15, 0.2) is 0 Å². The minimum Gasteiger partial charge on any atom is -0.329 e. The fourth-order valence-electron chi connectivity index (χ4n) is 2.55. The molecule has 1 heterocycles. The maximum absolute atomic E-state index is 12.1. The third kappa shape index (κ3) is 3.32. The van der Waals surface area contributed by atoms with Crippen LogP contribution in [-0.4, -0.2) is 21.0 Å². The first-order valence-corrected chi connectivity index (χ1v) is 8.75. The summed E-state index contributed by atoms with van der Waals surface area (Å²) >= 11 is 1.24. The summed E-state index contributed by atoms with van der Waals surface area (Å²) in [4.78, 5) is 0. The van der Waals surface area contributed by atoms with Gasteiger partial charge in [-0.3, -0.25) is 0 Å². The van der Waals surface area contributed by atoms with Gasteiger partial charge in [-0.1, -0.05) is 25.3 Å². The van der Waals surface area contributed by atoms with Crippen LogP contribution in [0.15, 0.2) is 21.7 Å². The van der Waals surface area contributed by atoms with Gasteiger partial charge < -0.3 is 5.73 Å². The lowest BCUT2D eigenvalue weighted by Crippen LogP contribution is -2.45. The second kappa shape index (κ2) is 6.14. The highest BCUT2D eigenvalue weighted by Crippen LogP contribution is 2.27. The molecule has 0 bridgehead atoms. The molecule has 2 rings (SSSR count). The Bertz CT molecular complexity index is 450. The predicted octanol–water partition coefficient (Wildman–Crippen LogP) is 1.93. The highest BCUT2D eigenvalue weighted by molar-refractivity contribution is 7.91. The lowest BCUT2D eigenvalue weighted by atomic mass is 9.84. The van der Waals surface area contributed by atoms with Crippen LogP contribution in [-0.2, 0) is 10.0 Å². The lowest BCUT2D eigenvalue weighted by Gasteiger charge is -2.29. The second-order valence-electron chi connectivity index (χ2n) is 4.79. The van der Waals surface area contributed by atoms with Crippen molar-refractivity contribution in [2.24, 2.45) is 11.7 Å². The molecule has 0 radical (unpaired) electrons. The van der Waals surface area contributed by atoms with Gasteiger partial charge in [0, 0.05) is 12.6 Å².